The number of nitrogens with zero attached hydrogens (tertiary/aromatic N) is 3. The summed E-state index contributed by atoms with van der Waals surface area (Å²) in [5.74, 6) is -0.214. The number of halogens is 1. The number of imidazole rings is 1. The summed E-state index contributed by atoms with van der Waals surface area (Å²) >= 11 is 0. The number of amides is 1. The summed E-state index contributed by atoms with van der Waals surface area (Å²) in [7, 11) is 0. The molecular formula is C20H15FN4O2. The minimum atomic E-state index is -0.464. The van der Waals surface area contributed by atoms with Gasteiger partial charge in [0.25, 0.3) is 0 Å². The molecule has 134 valence electrons. The summed E-state index contributed by atoms with van der Waals surface area (Å²) < 4.78 is 14.9. The maximum atomic E-state index is 13.0. The second-order valence-electron chi connectivity index (χ2n) is 5.90. The third kappa shape index (κ3) is 3.77. The maximum Gasteiger partial charge on any atom is 0.302 e. The smallest absolute Gasteiger partial charge is 0.302 e. The molecule has 6 nitrogen and oxygen atoms in total. The second-order valence-corrected chi connectivity index (χ2v) is 5.90. The molecule has 0 aliphatic carbocycles. The number of hydrogen-bond acceptors (Lipinski definition) is 4. The molecule has 0 spiro atoms. The van der Waals surface area contributed by atoms with Gasteiger partial charge in [-0.3, -0.25) is 4.79 Å². The van der Waals surface area contributed by atoms with Gasteiger partial charge in [0.1, 0.15) is 11.5 Å². The van der Waals surface area contributed by atoms with E-state index < -0.39 is 5.91 Å². The minimum absolute atomic E-state index is 0.200. The van der Waals surface area contributed by atoms with Crippen LogP contribution in [0.4, 0.5) is 4.39 Å². The molecular weight excluding hydrogens is 347 g/mol. The topological polar surface area (TPSA) is 69.0 Å². The molecule has 0 radical (unpaired) electrons. The molecule has 7 heteroatoms. The molecule has 0 bridgehead atoms. The van der Waals surface area contributed by atoms with Crippen LogP contribution in [0, 0.1) is 5.82 Å². The van der Waals surface area contributed by atoms with Crippen LogP contribution in [-0.4, -0.2) is 20.4 Å². The summed E-state index contributed by atoms with van der Waals surface area (Å²) in [6.45, 7) is 0.529. The van der Waals surface area contributed by atoms with Crippen molar-refractivity contribution in [1.82, 2.24) is 20.0 Å². The van der Waals surface area contributed by atoms with Gasteiger partial charge in [-0.15, -0.1) is 0 Å². The monoisotopic (exact) mass is 362 g/mol. The number of hydroxylamine groups is 1. The molecule has 2 heterocycles. The predicted molar refractivity (Wildman–Crippen MR) is 97.6 cm³/mol. The number of rotatable bonds is 5. The van der Waals surface area contributed by atoms with Crippen LogP contribution in [0.15, 0.2) is 73.2 Å². The molecule has 2 aromatic heterocycles. The quantitative estimate of drug-likeness (QED) is 0.553. The van der Waals surface area contributed by atoms with Gasteiger partial charge >= 0.3 is 5.91 Å². The number of aromatic nitrogens is 3. The molecule has 0 unspecified atom stereocenters. The highest BCUT2D eigenvalue weighted by Crippen LogP contribution is 2.15. The molecule has 27 heavy (non-hydrogen) atoms. The second kappa shape index (κ2) is 7.25. The van der Waals surface area contributed by atoms with Crippen LogP contribution in [0.1, 0.15) is 16.1 Å². The van der Waals surface area contributed by atoms with E-state index in [1.165, 1.54) is 12.1 Å². The van der Waals surface area contributed by atoms with E-state index in [1.807, 2.05) is 10.6 Å². The molecule has 4 rings (SSSR count). The first kappa shape index (κ1) is 16.7. The van der Waals surface area contributed by atoms with E-state index >= 15 is 0 Å². The molecule has 1 amide bonds. The average molecular weight is 362 g/mol. The highest BCUT2D eigenvalue weighted by molar-refractivity contribution is 5.94. The van der Waals surface area contributed by atoms with Gasteiger partial charge in [0, 0.05) is 6.54 Å². The number of nitrogens with one attached hydrogen (secondary N) is 1. The van der Waals surface area contributed by atoms with Crippen LogP contribution in [-0.2, 0) is 6.54 Å². The van der Waals surface area contributed by atoms with Crippen molar-refractivity contribution >= 4 is 16.9 Å². The number of fused-ring (bicyclic) bond motifs is 1. The van der Waals surface area contributed by atoms with Crippen molar-refractivity contribution in [2.45, 2.75) is 6.54 Å². The lowest BCUT2D eigenvalue weighted by molar-refractivity contribution is 0.0754. The molecule has 4 aromatic rings. The summed E-state index contributed by atoms with van der Waals surface area (Å²) in [5, 5.41) is 0. The van der Waals surface area contributed by atoms with Crippen molar-refractivity contribution in [3.8, 4) is 5.75 Å². The molecule has 0 saturated heterocycles. The Hall–Kier alpha value is -3.74. The lowest BCUT2D eigenvalue weighted by Gasteiger charge is -2.07. The average Bonchev–Trinajstić information content (AvgIpc) is 3.10. The van der Waals surface area contributed by atoms with Crippen molar-refractivity contribution in [3.63, 3.8) is 0 Å². The van der Waals surface area contributed by atoms with Crippen molar-refractivity contribution in [2.24, 2.45) is 0 Å². The van der Waals surface area contributed by atoms with E-state index in [-0.39, 0.29) is 11.5 Å². The van der Waals surface area contributed by atoms with E-state index in [1.54, 1.807) is 55.0 Å². The van der Waals surface area contributed by atoms with Gasteiger partial charge in [0.15, 0.2) is 5.75 Å². The van der Waals surface area contributed by atoms with Gasteiger partial charge in [0.2, 0.25) is 0 Å². The Kier molecular flexibility index (Phi) is 4.49. The van der Waals surface area contributed by atoms with Gasteiger partial charge in [0.05, 0.1) is 23.6 Å². The van der Waals surface area contributed by atoms with E-state index in [0.717, 1.165) is 11.1 Å². The third-order valence-corrected chi connectivity index (χ3v) is 4.01. The number of pyridine rings is 1. The molecule has 0 aliphatic heterocycles. The van der Waals surface area contributed by atoms with E-state index in [4.69, 9.17) is 4.84 Å². The van der Waals surface area contributed by atoms with Crippen molar-refractivity contribution in [2.75, 3.05) is 0 Å². The molecule has 1 N–H and O–H groups in total. The summed E-state index contributed by atoms with van der Waals surface area (Å²) in [6, 6.07) is 16.8. The predicted octanol–water partition coefficient (Wildman–Crippen LogP) is 3.34. The Morgan fingerprint density at radius 3 is 2.63 bits per heavy atom. The zero-order valence-corrected chi connectivity index (χ0v) is 14.2. The summed E-state index contributed by atoms with van der Waals surface area (Å²) in [6.07, 6.45) is 3.25. The van der Waals surface area contributed by atoms with Crippen molar-refractivity contribution in [3.05, 3.63) is 90.3 Å². The van der Waals surface area contributed by atoms with Crippen molar-refractivity contribution < 1.29 is 14.0 Å². The van der Waals surface area contributed by atoms with Crippen molar-refractivity contribution in [1.29, 1.82) is 0 Å². The Labute approximate surface area is 154 Å². The van der Waals surface area contributed by atoms with Crippen LogP contribution in [0.2, 0.25) is 0 Å². The fourth-order valence-corrected chi connectivity index (χ4v) is 2.64. The Balaban J connectivity index is 1.49. The Bertz CT molecular complexity index is 1080. The number of carbonyl (C=O) groups is 1. The lowest BCUT2D eigenvalue weighted by atomic mass is 10.2. The first-order valence-electron chi connectivity index (χ1n) is 8.26. The number of benzene rings is 2. The SMILES string of the molecule is O=C(NOc1ccccc1)c1cc2ncn(Cc3ccc(F)cc3)c2cn1. The normalized spacial score (nSPS) is 10.7. The lowest BCUT2D eigenvalue weighted by Crippen LogP contribution is -2.27. The van der Waals surface area contributed by atoms with Gasteiger partial charge in [-0.2, -0.15) is 5.48 Å². The number of para-hydroxylation sites is 1. The zero-order valence-electron chi connectivity index (χ0n) is 14.2. The van der Waals surface area contributed by atoms with Gasteiger partial charge in [-0.1, -0.05) is 30.3 Å². The van der Waals surface area contributed by atoms with Crippen LogP contribution >= 0.6 is 0 Å². The van der Waals surface area contributed by atoms with Crippen LogP contribution < -0.4 is 10.3 Å². The summed E-state index contributed by atoms with van der Waals surface area (Å²) in [4.78, 5) is 26.0. The van der Waals surface area contributed by atoms with Crippen LogP contribution in [0.25, 0.3) is 11.0 Å². The van der Waals surface area contributed by atoms with E-state index in [2.05, 4.69) is 15.4 Å². The van der Waals surface area contributed by atoms with E-state index in [9.17, 15) is 9.18 Å². The zero-order chi connectivity index (χ0) is 18.6. The first-order valence-corrected chi connectivity index (χ1v) is 8.26. The fraction of sp³-hybridized carbons (Fsp3) is 0.0500. The fourth-order valence-electron chi connectivity index (χ4n) is 2.64. The Morgan fingerprint density at radius 1 is 1.07 bits per heavy atom. The largest absolute Gasteiger partial charge is 0.379 e. The molecule has 0 aliphatic rings. The highest BCUT2D eigenvalue weighted by atomic mass is 19.1. The van der Waals surface area contributed by atoms with Crippen LogP contribution in [0.5, 0.6) is 5.75 Å². The van der Waals surface area contributed by atoms with Gasteiger partial charge < -0.3 is 9.40 Å². The molecule has 0 atom stereocenters. The van der Waals surface area contributed by atoms with E-state index in [0.29, 0.717) is 17.8 Å². The first-order chi connectivity index (χ1) is 13.2. The maximum absolute atomic E-state index is 13.0. The van der Waals surface area contributed by atoms with Crippen LogP contribution in [0.3, 0.4) is 0 Å². The minimum Gasteiger partial charge on any atom is -0.379 e. The number of hydrogen-bond donors (Lipinski definition) is 1. The van der Waals surface area contributed by atoms with Gasteiger partial charge in [-0.05, 0) is 35.9 Å². The number of carbonyl (C=O) groups excluding carboxylic acids is 1. The molecule has 0 saturated carbocycles. The molecule has 0 fully saturated rings. The Morgan fingerprint density at radius 2 is 1.85 bits per heavy atom. The third-order valence-electron chi connectivity index (χ3n) is 4.01. The standard InChI is InChI=1S/C20H15FN4O2/c21-15-8-6-14(7-9-15)12-25-13-23-17-10-18(22-11-19(17)25)20(26)24-27-16-4-2-1-3-5-16/h1-11,13H,12H2,(H,24,26). The summed E-state index contributed by atoms with van der Waals surface area (Å²) in [5.41, 5.74) is 4.91. The highest BCUT2D eigenvalue weighted by Gasteiger charge is 2.12. The van der Waals surface area contributed by atoms with Gasteiger partial charge in [-0.25, -0.2) is 14.4 Å². The molecule has 2 aromatic carbocycles.